The lowest BCUT2D eigenvalue weighted by Gasteiger charge is -2.63. The number of esters is 1. The van der Waals surface area contributed by atoms with E-state index in [4.69, 9.17) is 16.3 Å². The van der Waals surface area contributed by atoms with Crippen LogP contribution < -0.4 is 0 Å². The Morgan fingerprint density at radius 2 is 1.83 bits per heavy atom. The molecule has 0 radical (unpaired) electrons. The van der Waals surface area contributed by atoms with E-state index in [9.17, 15) is 14.7 Å². The van der Waals surface area contributed by atoms with Crippen molar-refractivity contribution in [3.8, 4) is 0 Å². The summed E-state index contributed by atoms with van der Waals surface area (Å²) in [5.74, 6) is 1.93. The number of carbonyl (C=O) groups is 2. The molecule has 0 unspecified atom stereocenters. The van der Waals surface area contributed by atoms with Gasteiger partial charge < -0.3 is 9.84 Å². The second-order valence-corrected chi connectivity index (χ2v) is 11.4. The molecule has 4 saturated carbocycles. The Morgan fingerprint density at radius 1 is 1.10 bits per heavy atom. The van der Waals surface area contributed by atoms with Gasteiger partial charge in [0.2, 0.25) is 0 Å². The second kappa shape index (κ2) is 7.51. The molecule has 0 amide bonds. The fraction of sp³-hybridized carbons (Fsp3) is 0.917. The molecule has 0 aromatic heterocycles. The summed E-state index contributed by atoms with van der Waals surface area (Å²) in [6.45, 7) is 8.55. The highest BCUT2D eigenvalue weighted by atomic mass is 35.5. The quantitative estimate of drug-likeness (QED) is 0.531. The molecule has 0 aromatic rings. The van der Waals surface area contributed by atoms with Crippen LogP contribution in [0.5, 0.6) is 0 Å². The Hall–Kier alpha value is -0.610. The van der Waals surface area contributed by atoms with E-state index >= 15 is 0 Å². The van der Waals surface area contributed by atoms with Gasteiger partial charge in [0.1, 0.15) is 17.8 Å². The number of Topliss-reactive ketones (excluding diaryl/α,β-unsaturated/α-hetero) is 1. The number of rotatable bonds is 3. The number of ether oxygens (including phenoxy) is 1. The molecule has 0 aromatic carbocycles. The minimum Gasteiger partial charge on any atom is -0.461 e. The molecule has 4 nitrogen and oxygen atoms in total. The summed E-state index contributed by atoms with van der Waals surface area (Å²) in [7, 11) is 0. The van der Waals surface area contributed by atoms with E-state index < -0.39 is 0 Å². The van der Waals surface area contributed by atoms with Crippen LogP contribution in [0.25, 0.3) is 0 Å². The number of halogens is 1. The fourth-order valence-electron chi connectivity index (χ4n) is 8.66. The van der Waals surface area contributed by atoms with E-state index in [2.05, 4.69) is 20.8 Å². The van der Waals surface area contributed by atoms with E-state index in [0.29, 0.717) is 23.7 Å². The molecule has 10 atom stereocenters. The minimum atomic E-state index is -0.343. The van der Waals surface area contributed by atoms with Gasteiger partial charge in [-0.25, -0.2) is 0 Å². The topological polar surface area (TPSA) is 63.6 Å². The van der Waals surface area contributed by atoms with Crippen molar-refractivity contribution in [1.82, 2.24) is 0 Å². The number of fused-ring (bicyclic) bond motifs is 5. The lowest BCUT2D eigenvalue weighted by atomic mass is 9.43. The van der Waals surface area contributed by atoms with Crippen LogP contribution in [0.4, 0.5) is 0 Å². The molecule has 164 valence electrons. The van der Waals surface area contributed by atoms with Crippen LogP contribution in [0, 0.1) is 46.3 Å². The second-order valence-electron chi connectivity index (χ2n) is 11.2. The van der Waals surface area contributed by atoms with Crippen molar-refractivity contribution in [2.24, 2.45) is 46.3 Å². The molecule has 4 rings (SSSR count). The summed E-state index contributed by atoms with van der Waals surface area (Å²) in [6.07, 6.45) is 6.52. The minimum absolute atomic E-state index is 0.0640. The van der Waals surface area contributed by atoms with Crippen LogP contribution in [0.15, 0.2) is 0 Å². The highest BCUT2D eigenvalue weighted by molar-refractivity contribution is 6.26. The monoisotopic (exact) mass is 424 g/mol. The van der Waals surface area contributed by atoms with Gasteiger partial charge in [-0.1, -0.05) is 20.8 Å². The standard InChI is InChI=1S/C24H37ClO4/c1-13-10-23(3)15(9-19(13)27)5-6-16-18-8-7-17(14(2)26)24(18,4)11-20(22(16)23)29-21(28)12-25/h13,15-20,22,27H,5-12H2,1-4H3/t13-,15-,16-,17+,18-,19-,20-,22+,23-,24+/m0/s1. The first-order valence-corrected chi connectivity index (χ1v) is 12.1. The first kappa shape index (κ1) is 21.6. The van der Waals surface area contributed by atoms with Crippen molar-refractivity contribution >= 4 is 23.4 Å². The summed E-state index contributed by atoms with van der Waals surface area (Å²) in [6, 6.07) is 0. The van der Waals surface area contributed by atoms with Crippen molar-refractivity contribution in [2.45, 2.75) is 84.8 Å². The number of alkyl halides is 1. The zero-order valence-electron chi connectivity index (χ0n) is 18.3. The third-order valence-electron chi connectivity index (χ3n) is 9.80. The molecule has 0 aliphatic heterocycles. The third-order valence-corrected chi connectivity index (χ3v) is 10.0. The molecule has 0 saturated heterocycles. The van der Waals surface area contributed by atoms with Gasteiger partial charge in [0.15, 0.2) is 0 Å². The van der Waals surface area contributed by atoms with E-state index in [1.165, 1.54) is 0 Å². The average Bonchev–Trinajstić information content (AvgIpc) is 2.99. The fourth-order valence-corrected chi connectivity index (χ4v) is 8.73. The molecule has 0 heterocycles. The summed E-state index contributed by atoms with van der Waals surface area (Å²) in [5, 5.41) is 10.5. The van der Waals surface area contributed by atoms with E-state index in [-0.39, 0.29) is 52.5 Å². The highest BCUT2D eigenvalue weighted by Crippen LogP contribution is 2.68. The Morgan fingerprint density at radius 3 is 2.48 bits per heavy atom. The van der Waals surface area contributed by atoms with Crippen LogP contribution >= 0.6 is 11.6 Å². The summed E-state index contributed by atoms with van der Waals surface area (Å²) in [5.41, 5.74) is -0.0261. The molecule has 0 spiro atoms. The van der Waals surface area contributed by atoms with E-state index in [1.807, 2.05) is 0 Å². The molecule has 4 aliphatic rings. The first-order chi connectivity index (χ1) is 13.6. The number of ketones is 1. The van der Waals surface area contributed by atoms with Gasteiger partial charge in [0.05, 0.1) is 6.10 Å². The van der Waals surface area contributed by atoms with Gasteiger partial charge in [-0.05, 0) is 86.4 Å². The molecule has 4 aliphatic carbocycles. The van der Waals surface area contributed by atoms with Crippen LogP contribution in [-0.2, 0) is 14.3 Å². The first-order valence-electron chi connectivity index (χ1n) is 11.6. The van der Waals surface area contributed by atoms with E-state index in [0.717, 1.165) is 44.9 Å². The lowest BCUT2D eigenvalue weighted by molar-refractivity contribution is -0.202. The zero-order chi connectivity index (χ0) is 21.1. The molecule has 0 bridgehead atoms. The van der Waals surface area contributed by atoms with Gasteiger partial charge in [-0.3, -0.25) is 9.59 Å². The Labute approximate surface area is 180 Å². The smallest absolute Gasteiger partial charge is 0.321 e. The highest BCUT2D eigenvalue weighted by Gasteiger charge is 2.65. The Bertz CT molecular complexity index is 680. The predicted molar refractivity (Wildman–Crippen MR) is 112 cm³/mol. The number of aliphatic hydroxyl groups is 1. The van der Waals surface area contributed by atoms with Crippen molar-refractivity contribution in [1.29, 1.82) is 0 Å². The molecule has 1 N–H and O–H groups in total. The van der Waals surface area contributed by atoms with Gasteiger partial charge in [0, 0.05) is 11.8 Å². The maximum absolute atomic E-state index is 12.5. The molecular formula is C24H37ClO4. The van der Waals surface area contributed by atoms with Crippen molar-refractivity contribution in [2.75, 3.05) is 5.88 Å². The van der Waals surface area contributed by atoms with Gasteiger partial charge in [0.25, 0.3) is 0 Å². The van der Waals surface area contributed by atoms with Crippen molar-refractivity contribution in [3.63, 3.8) is 0 Å². The van der Waals surface area contributed by atoms with Crippen LogP contribution in [-0.4, -0.2) is 34.9 Å². The van der Waals surface area contributed by atoms with Gasteiger partial charge in [-0.15, -0.1) is 11.6 Å². The summed E-state index contributed by atoms with van der Waals surface area (Å²) in [4.78, 5) is 24.8. The summed E-state index contributed by atoms with van der Waals surface area (Å²) >= 11 is 5.82. The van der Waals surface area contributed by atoms with Crippen molar-refractivity contribution < 1.29 is 19.4 Å². The van der Waals surface area contributed by atoms with E-state index in [1.54, 1.807) is 6.92 Å². The summed E-state index contributed by atoms with van der Waals surface area (Å²) < 4.78 is 6.04. The molecule has 5 heteroatoms. The van der Waals surface area contributed by atoms with Crippen LogP contribution in [0.3, 0.4) is 0 Å². The molecule has 4 fully saturated rings. The van der Waals surface area contributed by atoms with Crippen molar-refractivity contribution in [3.05, 3.63) is 0 Å². The number of aliphatic hydroxyl groups excluding tert-OH is 1. The molecule has 29 heavy (non-hydrogen) atoms. The lowest BCUT2D eigenvalue weighted by Crippen LogP contribution is -2.61. The van der Waals surface area contributed by atoms with Gasteiger partial charge >= 0.3 is 5.97 Å². The number of hydrogen-bond acceptors (Lipinski definition) is 4. The Balaban J connectivity index is 1.73. The number of hydrogen-bond donors (Lipinski definition) is 1. The number of carbonyl (C=O) groups excluding carboxylic acids is 2. The normalized spacial score (nSPS) is 51.5. The average molecular weight is 425 g/mol. The Kier molecular flexibility index (Phi) is 5.60. The van der Waals surface area contributed by atoms with Gasteiger partial charge in [-0.2, -0.15) is 0 Å². The maximum Gasteiger partial charge on any atom is 0.321 e. The van der Waals surface area contributed by atoms with Crippen LogP contribution in [0.1, 0.15) is 72.6 Å². The SMILES string of the molecule is CC(=O)[C@H]1CC[C@H]2[C@@H]3CC[C@H]4C[C@H](O)[C@@H](C)C[C@]4(C)[C@H]3[C@@H](OC(=O)CCl)C[C@]12C. The molecular weight excluding hydrogens is 388 g/mol. The van der Waals surface area contributed by atoms with Crippen LogP contribution in [0.2, 0.25) is 0 Å². The third kappa shape index (κ3) is 3.28. The largest absolute Gasteiger partial charge is 0.461 e. The zero-order valence-corrected chi connectivity index (χ0v) is 19.1. The predicted octanol–water partition coefficient (Wildman–Crippen LogP) is 4.60. The maximum atomic E-state index is 12.5.